The third-order valence-corrected chi connectivity index (χ3v) is 3.81. The smallest absolute Gasteiger partial charge is 0.338 e. The molecule has 0 spiro atoms. The number of rotatable bonds is 5. The fourth-order valence-corrected chi connectivity index (χ4v) is 2.16. The Morgan fingerprint density at radius 3 is 2.48 bits per heavy atom. The number of amides is 1. The van der Waals surface area contributed by atoms with E-state index in [1.54, 1.807) is 24.3 Å². The van der Waals surface area contributed by atoms with Crippen molar-refractivity contribution in [1.29, 1.82) is 0 Å². The maximum absolute atomic E-state index is 12.0. The van der Waals surface area contributed by atoms with Crippen LogP contribution in [0, 0.1) is 13.8 Å². The second-order valence-corrected chi connectivity index (χ2v) is 5.66. The summed E-state index contributed by atoms with van der Waals surface area (Å²) in [4.78, 5) is 23.8. The van der Waals surface area contributed by atoms with Gasteiger partial charge in [-0.15, -0.1) is 0 Å². The van der Waals surface area contributed by atoms with Gasteiger partial charge >= 0.3 is 5.97 Å². The Balaban J connectivity index is 1.83. The number of esters is 1. The van der Waals surface area contributed by atoms with E-state index in [0.717, 1.165) is 16.7 Å². The van der Waals surface area contributed by atoms with E-state index in [1.165, 1.54) is 0 Å². The molecule has 0 saturated carbocycles. The molecule has 120 valence electrons. The lowest BCUT2D eigenvalue weighted by atomic mass is 10.0. The summed E-state index contributed by atoms with van der Waals surface area (Å²) in [5, 5.41) is 3.33. The summed E-state index contributed by atoms with van der Waals surface area (Å²) in [6.45, 7) is 3.83. The van der Waals surface area contributed by atoms with E-state index in [0.29, 0.717) is 17.1 Å². The number of nitrogens with one attached hydrogen (secondary N) is 1. The molecule has 0 aliphatic carbocycles. The Bertz CT molecular complexity index is 711. The predicted molar refractivity (Wildman–Crippen MR) is 89.5 cm³/mol. The minimum atomic E-state index is -0.493. The maximum atomic E-state index is 12.0. The molecule has 1 amide bonds. The second-order valence-electron chi connectivity index (χ2n) is 5.23. The van der Waals surface area contributed by atoms with Gasteiger partial charge in [-0.25, -0.2) is 4.79 Å². The SMILES string of the molecule is Cc1cccc(C(=O)OCC(=O)NCc2ccc(Cl)cc2)c1C. The summed E-state index contributed by atoms with van der Waals surface area (Å²) >= 11 is 5.80. The summed E-state index contributed by atoms with van der Waals surface area (Å²) in [5.74, 6) is -0.841. The van der Waals surface area contributed by atoms with Crippen LogP contribution in [0.1, 0.15) is 27.0 Å². The molecule has 2 aromatic rings. The van der Waals surface area contributed by atoms with E-state index in [-0.39, 0.29) is 12.5 Å². The molecule has 4 nitrogen and oxygen atoms in total. The van der Waals surface area contributed by atoms with Crippen molar-refractivity contribution in [3.05, 3.63) is 69.7 Å². The Morgan fingerprint density at radius 1 is 1.09 bits per heavy atom. The van der Waals surface area contributed by atoms with Gasteiger partial charge in [0.25, 0.3) is 5.91 Å². The molecular formula is C18H18ClNO3. The van der Waals surface area contributed by atoms with E-state index < -0.39 is 5.97 Å². The van der Waals surface area contributed by atoms with Gasteiger partial charge in [0.1, 0.15) is 0 Å². The van der Waals surface area contributed by atoms with E-state index >= 15 is 0 Å². The first-order chi connectivity index (χ1) is 11.0. The molecule has 0 aliphatic rings. The summed E-state index contributed by atoms with van der Waals surface area (Å²) in [6, 6.07) is 12.6. The Morgan fingerprint density at radius 2 is 1.78 bits per heavy atom. The van der Waals surface area contributed by atoms with Crippen LogP contribution in [0.25, 0.3) is 0 Å². The van der Waals surface area contributed by atoms with E-state index in [4.69, 9.17) is 16.3 Å². The maximum Gasteiger partial charge on any atom is 0.338 e. The van der Waals surface area contributed by atoms with Crippen LogP contribution in [0.3, 0.4) is 0 Å². The van der Waals surface area contributed by atoms with Gasteiger partial charge in [-0.3, -0.25) is 4.79 Å². The van der Waals surface area contributed by atoms with Gasteiger partial charge in [-0.1, -0.05) is 35.9 Å². The van der Waals surface area contributed by atoms with E-state index in [2.05, 4.69) is 5.32 Å². The second kappa shape index (κ2) is 7.79. The van der Waals surface area contributed by atoms with Gasteiger partial charge in [-0.05, 0) is 48.7 Å². The van der Waals surface area contributed by atoms with Crippen molar-refractivity contribution in [1.82, 2.24) is 5.32 Å². The molecule has 0 bridgehead atoms. The quantitative estimate of drug-likeness (QED) is 0.854. The zero-order valence-electron chi connectivity index (χ0n) is 13.1. The third kappa shape index (κ3) is 4.83. The first kappa shape index (κ1) is 17.0. The average molecular weight is 332 g/mol. The minimum Gasteiger partial charge on any atom is -0.452 e. The van der Waals surface area contributed by atoms with Gasteiger partial charge in [0.05, 0.1) is 5.56 Å². The predicted octanol–water partition coefficient (Wildman–Crippen LogP) is 3.43. The molecule has 23 heavy (non-hydrogen) atoms. The molecule has 0 atom stereocenters. The number of ether oxygens (including phenoxy) is 1. The van der Waals surface area contributed by atoms with Crippen LogP contribution in [0.4, 0.5) is 0 Å². The number of carbonyl (C=O) groups is 2. The van der Waals surface area contributed by atoms with Crippen LogP contribution in [0.5, 0.6) is 0 Å². The van der Waals surface area contributed by atoms with Gasteiger partial charge in [0, 0.05) is 11.6 Å². The lowest BCUT2D eigenvalue weighted by Gasteiger charge is -2.09. The van der Waals surface area contributed by atoms with Gasteiger partial charge in [0.15, 0.2) is 6.61 Å². The monoisotopic (exact) mass is 331 g/mol. The lowest BCUT2D eigenvalue weighted by molar-refractivity contribution is -0.124. The van der Waals surface area contributed by atoms with Crippen LogP contribution >= 0.6 is 11.6 Å². The molecule has 0 aliphatic heterocycles. The van der Waals surface area contributed by atoms with Crippen molar-refractivity contribution < 1.29 is 14.3 Å². The Kier molecular flexibility index (Phi) is 5.77. The molecule has 0 unspecified atom stereocenters. The van der Waals surface area contributed by atoms with Crippen molar-refractivity contribution in [3.63, 3.8) is 0 Å². The van der Waals surface area contributed by atoms with Gasteiger partial charge in [-0.2, -0.15) is 0 Å². The molecule has 5 heteroatoms. The zero-order chi connectivity index (χ0) is 16.8. The molecule has 1 N–H and O–H groups in total. The summed E-state index contributed by atoms with van der Waals surface area (Å²) in [6.07, 6.45) is 0. The first-order valence-corrected chi connectivity index (χ1v) is 7.59. The number of benzene rings is 2. The molecule has 0 fully saturated rings. The Hall–Kier alpha value is -2.33. The number of halogens is 1. The molecule has 2 rings (SSSR count). The lowest BCUT2D eigenvalue weighted by Crippen LogP contribution is -2.28. The van der Waals surface area contributed by atoms with Crippen molar-refractivity contribution in [2.45, 2.75) is 20.4 Å². The first-order valence-electron chi connectivity index (χ1n) is 7.22. The third-order valence-electron chi connectivity index (χ3n) is 3.56. The van der Waals surface area contributed by atoms with Crippen LogP contribution < -0.4 is 5.32 Å². The van der Waals surface area contributed by atoms with Crippen LogP contribution in [0.15, 0.2) is 42.5 Å². The van der Waals surface area contributed by atoms with Crippen LogP contribution in [-0.2, 0) is 16.1 Å². The van der Waals surface area contributed by atoms with Crippen LogP contribution in [0.2, 0.25) is 5.02 Å². The molecule has 0 radical (unpaired) electrons. The van der Waals surface area contributed by atoms with Crippen molar-refractivity contribution in [3.8, 4) is 0 Å². The fourth-order valence-electron chi connectivity index (χ4n) is 2.04. The normalized spacial score (nSPS) is 10.2. The van der Waals surface area contributed by atoms with Crippen molar-refractivity contribution in [2.75, 3.05) is 6.61 Å². The number of hydrogen-bond donors (Lipinski definition) is 1. The fraction of sp³-hybridized carbons (Fsp3) is 0.222. The zero-order valence-corrected chi connectivity index (χ0v) is 13.8. The standard InChI is InChI=1S/C18H18ClNO3/c1-12-4-3-5-16(13(12)2)18(22)23-11-17(21)20-10-14-6-8-15(19)9-7-14/h3-9H,10-11H2,1-2H3,(H,20,21). The highest BCUT2D eigenvalue weighted by Crippen LogP contribution is 2.13. The highest BCUT2D eigenvalue weighted by Gasteiger charge is 2.13. The summed E-state index contributed by atoms with van der Waals surface area (Å²) in [7, 11) is 0. The van der Waals surface area contributed by atoms with Crippen molar-refractivity contribution >= 4 is 23.5 Å². The van der Waals surface area contributed by atoms with Crippen molar-refractivity contribution in [2.24, 2.45) is 0 Å². The molecule has 0 aromatic heterocycles. The largest absolute Gasteiger partial charge is 0.452 e. The number of aryl methyl sites for hydroxylation is 1. The number of carbonyl (C=O) groups excluding carboxylic acids is 2. The molecule has 0 heterocycles. The topological polar surface area (TPSA) is 55.4 Å². The molecule has 2 aromatic carbocycles. The highest BCUT2D eigenvalue weighted by atomic mass is 35.5. The average Bonchev–Trinajstić information content (AvgIpc) is 2.54. The Labute approximate surface area is 140 Å². The molecule has 0 saturated heterocycles. The highest BCUT2D eigenvalue weighted by molar-refractivity contribution is 6.30. The van der Waals surface area contributed by atoms with Crippen LogP contribution in [-0.4, -0.2) is 18.5 Å². The molecular weight excluding hydrogens is 314 g/mol. The van der Waals surface area contributed by atoms with Gasteiger partial charge in [0.2, 0.25) is 0 Å². The summed E-state index contributed by atoms with van der Waals surface area (Å²) < 4.78 is 5.06. The van der Waals surface area contributed by atoms with E-state index in [9.17, 15) is 9.59 Å². The summed E-state index contributed by atoms with van der Waals surface area (Å²) in [5.41, 5.74) is 3.27. The number of hydrogen-bond acceptors (Lipinski definition) is 3. The van der Waals surface area contributed by atoms with E-state index in [1.807, 2.05) is 32.0 Å². The minimum absolute atomic E-state index is 0.306. The van der Waals surface area contributed by atoms with Gasteiger partial charge < -0.3 is 10.1 Å².